The van der Waals surface area contributed by atoms with Gasteiger partial charge in [-0.05, 0) is 25.7 Å². The number of rotatable bonds is 6. The van der Waals surface area contributed by atoms with Crippen LogP contribution >= 0.6 is 0 Å². The lowest BCUT2D eigenvalue weighted by atomic mass is 9.81. The number of carbonyl (C=O) groups excluding carboxylic acids is 3. The van der Waals surface area contributed by atoms with Crippen molar-refractivity contribution in [2.75, 3.05) is 26.7 Å². The van der Waals surface area contributed by atoms with Crippen LogP contribution in [0.1, 0.15) is 70.6 Å². The number of carbonyl (C=O) groups is 3. The molecule has 152 valence electrons. The molecular weight excluding hydrogens is 344 g/mol. The molecule has 0 unspecified atom stereocenters. The summed E-state index contributed by atoms with van der Waals surface area (Å²) < 4.78 is 0. The topological polar surface area (TPSA) is 81.8 Å². The first-order chi connectivity index (χ1) is 13.0. The number of urea groups is 1. The van der Waals surface area contributed by atoms with E-state index in [1.165, 1.54) is 38.5 Å². The van der Waals surface area contributed by atoms with Gasteiger partial charge in [-0.1, -0.05) is 44.9 Å². The molecule has 1 spiro atoms. The van der Waals surface area contributed by atoms with Crippen LogP contribution in [0, 0.1) is 0 Å². The summed E-state index contributed by atoms with van der Waals surface area (Å²) in [6, 6.07) is 0.208. The predicted molar refractivity (Wildman–Crippen MR) is 103 cm³/mol. The Balaban J connectivity index is 1.43. The summed E-state index contributed by atoms with van der Waals surface area (Å²) in [7, 11) is 1.69. The van der Waals surface area contributed by atoms with Crippen LogP contribution in [-0.4, -0.2) is 65.9 Å². The SMILES string of the molecule is CN1C(=O)N(CC(=O)NCCNC2CCCCCC2)C(=O)C12CCCCC2. The van der Waals surface area contributed by atoms with E-state index >= 15 is 0 Å². The highest BCUT2D eigenvalue weighted by Gasteiger charge is 2.55. The number of nitrogens with zero attached hydrogens (tertiary/aromatic N) is 2. The minimum Gasteiger partial charge on any atom is -0.353 e. The fourth-order valence-electron chi connectivity index (χ4n) is 4.83. The number of imide groups is 1. The van der Waals surface area contributed by atoms with E-state index in [-0.39, 0.29) is 24.4 Å². The molecule has 1 heterocycles. The Morgan fingerprint density at radius 2 is 1.63 bits per heavy atom. The van der Waals surface area contributed by atoms with Gasteiger partial charge in [0.05, 0.1) is 0 Å². The number of amides is 4. The van der Waals surface area contributed by atoms with Crippen molar-refractivity contribution < 1.29 is 14.4 Å². The number of nitrogens with one attached hydrogen (secondary N) is 2. The summed E-state index contributed by atoms with van der Waals surface area (Å²) in [5, 5.41) is 6.36. The molecule has 0 aromatic rings. The Hall–Kier alpha value is -1.63. The van der Waals surface area contributed by atoms with Crippen molar-refractivity contribution in [3.8, 4) is 0 Å². The molecule has 2 saturated carbocycles. The summed E-state index contributed by atoms with van der Waals surface area (Å²) >= 11 is 0. The van der Waals surface area contributed by atoms with E-state index in [9.17, 15) is 14.4 Å². The van der Waals surface area contributed by atoms with Crippen LogP contribution in [0.15, 0.2) is 0 Å². The Labute approximate surface area is 162 Å². The van der Waals surface area contributed by atoms with E-state index in [4.69, 9.17) is 0 Å². The summed E-state index contributed by atoms with van der Waals surface area (Å²) in [5.74, 6) is -0.456. The zero-order valence-electron chi connectivity index (χ0n) is 16.6. The van der Waals surface area contributed by atoms with Crippen molar-refractivity contribution in [2.24, 2.45) is 0 Å². The molecule has 0 radical (unpaired) electrons. The number of likely N-dealkylation sites (N-methyl/N-ethyl adjacent to an activating group) is 1. The minimum atomic E-state index is -0.712. The van der Waals surface area contributed by atoms with E-state index in [1.807, 2.05) is 0 Å². The smallest absolute Gasteiger partial charge is 0.327 e. The van der Waals surface area contributed by atoms with E-state index in [1.54, 1.807) is 11.9 Å². The minimum absolute atomic E-state index is 0.173. The monoisotopic (exact) mass is 378 g/mol. The second kappa shape index (κ2) is 9.04. The fraction of sp³-hybridized carbons (Fsp3) is 0.850. The van der Waals surface area contributed by atoms with Crippen molar-refractivity contribution in [3.05, 3.63) is 0 Å². The van der Waals surface area contributed by atoms with E-state index in [0.29, 0.717) is 25.4 Å². The molecule has 3 fully saturated rings. The third-order valence-electron chi connectivity index (χ3n) is 6.52. The lowest BCUT2D eigenvalue weighted by Gasteiger charge is -2.35. The van der Waals surface area contributed by atoms with Crippen molar-refractivity contribution >= 4 is 17.8 Å². The Kier molecular flexibility index (Phi) is 6.73. The Bertz CT molecular complexity index is 551. The Morgan fingerprint density at radius 3 is 2.30 bits per heavy atom. The molecule has 1 aliphatic heterocycles. The molecule has 0 atom stereocenters. The second-order valence-corrected chi connectivity index (χ2v) is 8.32. The third-order valence-corrected chi connectivity index (χ3v) is 6.52. The van der Waals surface area contributed by atoms with Crippen LogP contribution in [0.2, 0.25) is 0 Å². The van der Waals surface area contributed by atoms with E-state index in [0.717, 1.165) is 30.7 Å². The van der Waals surface area contributed by atoms with Crippen molar-refractivity contribution in [2.45, 2.75) is 82.2 Å². The largest absolute Gasteiger partial charge is 0.353 e. The highest BCUT2D eigenvalue weighted by molar-refractivity contribution is 6.08. The molecule has 27 heavy (non-hydrogen) atoms. The van der Waals surface area contributed by atoms with Crippen molar-refractivity contribution in [3.63, 3.8) is 0 Å². The zero-order valence-corrected chi connectivity index (χ0v) is 16.6. The first-order valence-electron chi connectivity index (χ1n) is 10.6. The summed E-state index contributed by atoms with van der Waals surface area (Å²) in [6.07, 6.45) is 12.0. The first kappa shape index (κ1) is 20.1. The summed E-state index contributed by atoms with van der Waals surface area (Å²) in [4.78, 5) is 40.4. The van der Waals surface area contributed by atoms with Gasteiger partial charge < -0.3 is 15.5 Å². The molecule has 3 rings (SSSR count). The standard InChI is InChI=1S/C20H34N4O3/c1-23-19(27)24(18(26)20(23)11-7-4-8-12-20)15-17(25)22-14-13-21-16-9-5-2-3-6-10-16/h16,21H,2-15H2,1H3,(H,22,25). The predicted octanol–water partition coefficient (Wildman–Crippen LogP) is 2.01. The molecule has 7 nitrogen and oxygen atoms in total. The quantitative estimate of drug-likeness (QED) is 0.421. The normalized spacial score (nSPS) is 23.7. The molecule has 7 heteroatoms. The highest BCUT2D eigenvalue weighted by atomic mass is 16.2. The lowest BCUT2D eigenvalue weighted by molar-refractivity contribution is -0.137. The van der Waals surface area contributed by atoms with E-state index < -0.39 is 5.54 Å². The van der Waals surface area contributed by atoms with Gasteiger partial charge in [0.15, 0.2) is 0 Å². The highest BCUT2D eigenvalue weighted by Crippen LogP contribution is 2.39. The van der Waals surface area contributed by atoms with Gasteiger partial charge >= 0.3 is 6.03 Å². The molecule has 4 amide bonds. The van der Waals surface area contributed by atoms with Crippen LogP contribution < -0.4 is 10.6 Å². The number of hydrogen-bond donors (Lipinski definition) is 2. The van der Waals surface area contributed by atoms with E-state index in [2.05, 4.69) is 10.6 Å². The zero-order chi connectivity index (χ0) is 19.3. The number of hydrogen-bond acceptors (Lipinski definition) is 4. The van der Waals surface area contributed by atoms with Crippen LogP contribution in [0.3, 0.4) is 0 Å². The molecule has 0 aromatic heterocycles. The van der Waals surface area contributed by atoms with Crippen LogP contribution in [0.25, 0.3) is 0 Å². The van der Waals surface area contributed by atoms with Gasteiger partial charge in [-0.25, -0.2) is 4.79 Å². The molecule has 2 aliphatic carbocycles. The van der Waals surface area contributed by atoms with Gasteiger partial charge in [0.2, 0.25) is 5.91 Å². The maximum absolute atomic E-state index is 12.9. The average Bonchev–Trinajstić information content (AvgIpc) is 2.91. The lowest BCUT2D eigenvalue weighted by Crippen LogP contribution is -2.49. The maximum Gasteiger partial charge on any atom is 0.327 e. The van der Waals surface area contributed by atoms with Crippen LogP contribution in [-0.2, 0) is 9.59 Å². The van der Waals surface area contributed by atoms with Gasteiger partial charge in [0.25, 0.3) is 5.91 Å². The van der Waals surface area contributed by atoms with Crippen molar-refractivity contribution in [1.29, 1.82) is 0 Å². The molecular formula is C20H34N4O3. The fourth-order valence-corrected chi connectivity index (χ4v) is 4.83. The van der Waals surface area contributed by atoms with Gasteiger partial charge in [0, 0.05) is 26.2 Å². The molecule has 0 bridgehead atoms. The molecule has 0 aromatic carbocycles. The third kappa shape index (κ3) is 4.45. The molecule has 1 saturated heterocycles. The first-order valence-corrected chi connectivity index (χ1v) is 10.6. The van der Waals surface area contributed by atoms with Gasteiger partial charge in [-0.15, -0.1) is 0 Å². The second-order valence-electron chi connectivity index (χ2n) is 8.32. The summed E-state index contributed by atoms with van der Waals surface area (Å²) in [6.45, 7) is 1.07. The molecule has 3 aliphatic rings. The Morgan fingerprint density at radius 1 is 1.00 bits per heavy atom. The van der Waals surface area contributed by atoms with Gasteiger partial charge in [-0.3, -0.25) is 14.5 Å². The van der Waals surface area contributed by atoms with Crippen LogP contribution in [0.4, 0.5) is 4.79 Å². The van der Waals surface area contributed by atoms with Crippen molar-refractivity contribution in [1.82, 2.24) is 20.4 Å². The average molecular weight is 379 g/mol. The maximum atomic E-state index is 12.9. The van der Waals surface area contributed by atoms with Gasteiger partial charge in [-0.2, -0.15) is 0 Å². The molecule has 2 N–H and O–H groups in total. The van der Waals surface area contributed by atoms with Crippen LogP contribution in [0.5, 0.6) is 0 Å². The summed E-state index contributed by atoms with van der Waals surface area (Å²) in [5.41, 5.74) is -0.712. The van der Waals surface area contributed by atoms with Gasteiger partial charge in [0.1, 0.15) is 12.1 Å².